The summed E-state index contributed by atoms with van der Waals surface area (Å²) in [6, 6.07) is 11.1. The number of amides is 1. The van der Waals surface area contributed by atoms with Crippen LogP contribution in [0.1, 0.15) is 64.1 Å². The summed E-state index contributed by atoms with van der Waals surface area (Å²) in [6.45, 7) is 2.18. The molecular weight excluding hydrogens is 394 g/mol. The Hall–Kier alpha value is -3.28. The minimum atomic E-state index is -0.353. The van der Waals surface area contributed by atoms with Gasteiger partial charge in [-0.1, -0.05) is 12.1 Å². The van der Waals surface area contributed by atoms with Crippen LogP contribution in [-0.2, 0) is 6.54 Å². The number of carbonyl (C=O) groups excluding carboxylic acids is 2. The monoisotopic (exact) mass is 419 g/mol. The first-order valence-corrected chi connectivity index (χ1v) is 10.7. The summed E-state index contributed by atoms with van der Waals surface area (Å²) in [6.07, 6.45) is 4.41. The average Bonchev–Trinajstić information content (AvgIpc) is 3.36. The number of hydrogen-bond donors (Lipinski definition) is 1. The lowest BCUT2D eigenvalue weighted by Crippen LogP contribution is -2.39. The molecule has 1 amide bonds. The lowest BCUT2D eigenvalue weighted by Gasteiger charge is -2.34. The van der Waals surface area contributed by atoms with Crippen molar-refractivity contribution in [3.63, 3.8) is 0 Å². The van der Waals surface area contributed by atoms with Crippen LogP contribution in [0.3, 0.4) is 0 Å². The van der Waals surface area contributed by atoms with Crippen molar-refractivity contribution >= 4 is 22.7 Å². The fourth-order valence-electron chi connectivity index (χ4n) is 4.85. The SMILES string of the molecule is COc1ccc(CNC(=O)c2oc3ccc4c(c3c2C)C(=O)CC2(CCCC2)O4)cc1. The van der Waals surface area contributed by atoms with Gasteiger partial charge in [-0.05, 0) is 62.4 Å². The van der Waals surface area contributed by atoms with E-state index in [1.165, 1.54) is 0 Å². The minimum absolute atomic E-state index is 0.0721. The van der Waals surface area contributed by atoms with Gasteiger partial charge in [0, 0.05) is 17.5 Å². The molecule has 6 nitrogen and oxygen atoms in total. The Morgan fingerprint density at radius 2 is 1.87 bits per heavy atom. The third-order valence-electron chi connectivity index (χ3n) is 6.48. The first-order valence-electron chi connectivity index (χ1n) is 10.7. The third kappa shape index (κ3) is 3.36. The number of nitrogens with one attached hydrogen (secondary N) is 1. The summed E-state index contributed by atoms with van der Waals surface area (Å²) in [5.41, 5.74) is 2.34. The molecule has 1 fully saturated rings. The number of ketones is 1. The number of furan rings is 1. The molecule has 31 heavy (non-hydrogen) atoms. The van der Waals surface area contributed by atoms with Crippen LogP contribution in [0.4, 0.5) is 0 Å². The van der Waals surface area contributed by atoms with Gasteiger partial charge in [0.05, 0.1) is 19.1 Å². The molecule has 1 spiro atoms. The average molecular weight is 419 g/mol. The van der Waals surface area contributed by atoms with E-state index in [0.717, 1.165) is 37.0 Å². The lowest BCUT2D eigenvalue weighted by molar-refractivity contribution is 0.0454. The summed E-state index contributed by atoms with van der Waals surface area (Å²) >= 11 is 0. The second-order valence-corrected chi connectivity index (χ2v) is 8.49. The van der Waals surface area contributed by atoms with E-state index in [4.69, 9.17) is 13.9 Å². The van der Waals surface area contributed by atoms with Crippen molar-refractivity contribution in [3.05, 3.63) is 58.8 Å². The maximum Gasteiger partial charge on any atom is 0.287 e. The summed E-state index contributed by atoms with van der Waals surface area (Å²) in [7, 11) is 1.61. The highest BCUT2D eigenvalue weighted by atomic mass is 16.5. The number of rotatable bonds is 4. The number of benzene rings is 2. The molecule has 1 aromatic heterocycles. The van der Waals surface area contributed by atoms with Gasteiger partial charge in [-0.25, -0.2) is 0 Å². The third-order valence-corrected chi connectivity index (χ3v) is 6.48. The van der Waals surface area contributed by atoms with E-state index >= 15 is 0 Å². The number of fused-ring (bicyclic) bond motifs is 3. The van der Waals surface area contributed by atoms with Gasteiger partial charge in [-0.15, -0.1) is 0 Å². The number of aryl methyl sites for hydroxylation is 1. The molecule has 1 saturated carbocycles. The highest BCUT2D eigenvalue weighted by molar-refractivity contribution is 6.13. The van der Waals surface area contributed by atoms with Crippen LogP contribution in [-0.4, -0.2) is 24.4 Å². The molecule has 2 heterocycles. The Kier molecular flexibility index (Phi) is 4.73. The Morgan fingerprint density at radius 1 is 1.13 bits per heavy atom. The predicted octanol–water partition coefficient (Wildman–Crippen LogP) is 4.96. The number of carbonyl (C=O) groups is 2. The molecule has 5 rings (SSSR count). The predicted molar refractivity (Wildman–Crippen MR) is 116 cm³/mol. The molecule has 0 saturated heterocycles. The zero-order valence-corrected chi connectivity index (χ0v) is 17.7. The molecule has 2 aromatic carbocycles. The number of ether oxygens (including phenoxy) is 2. The topological polar surface area (TPSA) is 77.8 Å². The van der Waals surface area contributed by atoms with E-state index in [1.807, 2.05) is 31.2 Å². The van der Waals surface area contributed by atoms with Crippen molar-refractivity contribution in [2.75, 3.05) is 7.11 Å². The van der Waals surface area contributed by atoms with Gasteiger partial charge >= 0.3 is 0 Å². The van der Waals surface area contributed by atoms with Crippen LogP contribution in [0.25, 0.3) is 11.0 Å². The molecule has 1 aliphatic heterocycles. The first kappa shape index (κ1) is 19.7. The largest absolute Gasteiger partial charge is 0.497 e. The minimum Gasteiger partial charge on any atom is -0.497 e. The Bertz CT molecular complexity index is 1170. The van der Waals surface area contributed by atoms with E-state index in [-0.39, 0.29) is 23.1 Å². The maximum atomic E-state index is 13.1. The van der Waals surface area contributed by atoms with Gasteiger partial charge in [-0.3, -0.25) is 9.59 Å². The highest BCUT2D eigenvalue weighted by Gasteiger charge is 2.43. The smallest absolute Gasteiger partial charge is 0.287 e. The fraction of sp³-hybridized carbons (Fsp3) is 0.360. The molecular formula is C25H25NO5. The van der Waals surface area contributed by atoms with E-state index < -0.39 is 0 Å². The van der Waals surface area contributed by atoms with Gasteiger partial charge < -0.3 is 19.2 Å². The number of Topliss-reactive ketones (excluding diaryl/α,β-unsaturated/α-hetero) is 1. The van der Waals surface area contributed by atoms with Crippen molar-refractivity contribution in [3.8, 4) is 11.5 Å². The lowest BCUT2D eigenvalue weighted by atomic mass is 9.87. The Morgan fingerprint density at radius 3 is 2.58 bits per heavy atom. The molecule has 1 aliphatic carbocycles. The van der Waals surface area contributed by atoms with Crippen LogP contribution in [0.5, 0.6) is 11.5 Å². The van der Waals surface area contributed by atoms with Crippen LogP contribution in [0.2, 0.25) is 0 Å². The van der Waals surface area contributed by atoms with Gasteiger partial charge in [0.1, 0.15) is 22.7 Å². The summed E-state index contributed by atoms with van der Waals surface area (Å²) in [5.74, 6) is 1.36. The van der Waals surface area contributed by atoms with Crippen LogP contribution in [0.15, 0.2) is 40.8 Å². The van der Waals surface area contributed by atoms with Gasteiger partial charge in [0.15, 0.2) is 11.5 Å². The molecule has 6 heteroatoms. The van der Waals surface area contributed by atoms with E-state index in [9.17, 15) is 9.59 Å². The number of hydrogen-bond acceptors (Lipinski definition) is 5. The molecule has 0 radical (unpaired) electrons. The summed E-state index contributed by atoms with van der Waals surface area (Å²) in [5, 5.41) is 3.58. The van der Waals surface area contributed by atoms with Crippen molar-refractivity contribution < 1.29 is 23.5 Å². The molecule has 2 aliphatic rings. The molecule has 3 aromatic rings. The van der Waals surface area contributed by atoms with Crippen LogP contribution >= 0.6 is 0 Å². The summed E-state index contributed by atoms with van der Waals surface area (Å²) in [4.78, 5) is 26.0. The second kappa shape index (κ2) is 7.45. The van der Waals surface area contributed by atoms with Crippen molar-refractivity contribution in [2.45, 2.75) is 51.2 Å². The van der Waals surface area contributed by atoms with Gasteiger partial charge in [0.2, 0.25) is 0 Å². The maximum absolute atomic E-state index is 13.1. The van der Waals surface area contributed by atoms with E-state index in [1.54, 1.807) is 19.2 Å². The normalized spacial score (nSPS) is 16.9. The standard InChI is InChI=1S/C25H25NO5/c1-15-21-19(9-10-20-22(21)18(27)13-25(31-20)11-3-4-12-25)30-23(15)24(28)26-14-16-5-7-17(29-2)8-6-16/h5-10H,3-4,11-14H2,1-2H3,(H,26,28). The number of methoxy groups -OCH3 is 1. The zero-order valence-electron chi connectivity index (χ0n) is 17.7. The quantitative estimate of drug-likeness (QED) is 0.647. The summed E-state index contributed by atoms with van der Waals surface area (Å²) < 4.78 is 17.4. The van der Waals surface area contributed by atoms with Crippen molar-refractivity contribution in [2.24, 2.45) is 0 Å². The fourth-order valence-corrected chi connectivity index (χ4v) is 4.85. The molecule has 0 bridgehead atoms. The van der Waals surface area contributed by atoms with Gasteiger partial charge in [0.25, 0.3) is 5.91 Å². The highest BCUT2D eigenvalue weighted by Crippen LogP contribution is 2.46. The van der Waals surface area contributed by atoms with Gasteiger partial charge in [-0.2, -0.15) is 0 Å². The Labute approximate surface area is 180 Å². The molecule has 0 unspecified atom stereocenters. The molecule has 160 valence electrons. The van der Waals surface area contributed by atoms with Crippen molar-refractivity contribution in [1.82, 2.24) is 5.32 Å². The van der Waals surface area contributed by atoms with Crippen LogP contribution in [0, 0.1) is 6.92 Å². The first-order chi connectivity index (χ1) is 15.0. The molecule has 1 N–H and O–H groups in total. The zero-order chi connectivity index (χ0) is 21.6. The van der Waals surface area contributed by atoms with E-state index in [2.05, 4.69) is 5.32 Å². The van der Waals surface area contributed by atoms with Crippen LogP contribution < -0.4 is 14.8 Å². The Balaban J connectivity index is 1.43. The molecule has 0 atom stereocenters. The van der Waals surface area contributed by atoms with E-state index in [0.29, 0.717) is 40.8 Å². The van der Waals surface area contributed by atoms with Crippen molar-refractivity contribution in [1.29, 1.82) is 0 Å². The second-order valence-electron chi connectivity index (χ2n) is 8.49.